The van der Waals surface area contributed by atoms with Crippen LogP contribution in [0.2, 0.25) is 0 Å². The highest BCUT2D eigenvalue weighted by Gasteiger charge is 1.96. The van der Waals surface area contributed by atoms with Crippen molar-refractivity contribution in [1.29, 1.82) is 0 Å². The molecule has 0 aliphatic carbocycles. The first-order valence-corrected chi connectivity index (χ1v) is 3.00. The van der Waals surface area contributed by atoms with Gasteiger partial charge in [0.25, 0.3) is 0 Å². The summed E-state index contributed by atoms with van der Waals surface area (Å²) in [4.78, 5) is 0. The molecule has 0 atom stereocenters. The van der Waals surface area contributed by atoms with Crippen molar-refractivity contribution < 1.29 is 0 Å². The molecule has 0 aromatic rings. The van der Waals surface area contributed by atoms with Gasteiger partial charge < -0.3 is 5.73 Å². The highest BCUT2D eigenvalue weighted by atomic mass is 32.2. The summed E-state index contributed by atoms with van der Waals surface area (Å²) in [6.45, 7) is 0. The molecule has 0 aromatic carbocycles. The van der Waals surface area contributed by atoms with Crippen molar-refractivity contribution in [2.75, 3.05) is 5.75 Å². The molecule has 1 nitrogen and oxygen atoms in total. The lowest BCUT2D eigenvalue weighted by Crippen LogP contribution is -1.90. The first-order valence-electron chi connectivity index (χ1n) is 1.96. The van der Waals surface area contributed by atoms with Crippen LogP contribution in [0.4, 0.5) is 0 Å². The lowest BCUT2D eigenvalue weighted by atomic mass is 10.4. The summed E-state index contributed by atoms with van der Waals surface area (Å²) in [7, 11) is 0. The molecule has 0 bridgehead atoms. The van der Waals surface area contributed by atoms with Crippen LogP contribution in [-0.4, -0.2) is 5.75 Å². The minimum atomic E-state index is 1.04. The average Bonchev–Trinajstić information content (AvgIpc) is 1.86. The van der Waals surface area contributed by atoms with Gasteiger partial charge >= 0.3 is 0 Å². The lowest BCUT2D eigenvalue weighted by Gasteiger charge is -1.80. The van der Waals surface area contributed by atoms with Gasteiger partial charge in [0.2, 0.25) is 0 Å². The van der Waals surface area contributed by atoms with Crippen LogP contribution in [-0.2, 0) is 0 Å². The molecule has 1 aliphatic rings. The number of hydrogen-bond donors (Lipinski definition) is 1. The van der Waals surface area contributed by atoms with E-state index in [0.29, 0.717) is 0 Å². The fraction of sp³-hybridized carbons (Fsp3) is 0.500. The Bertz CT molecular complexity index is 77.6. The summed E-state index contributed by atoms with van der Waals surface area (Å²) >= 11 is 1.80. The second-order valence-corrected chi connectivity index (χ2v) is 2.29. The van der Waals surface area contributed by atoms with E-state index in [4.69, 9.17) is 5.73 Å². The number of rotatable bonds is 0. The molecule has 34 valence electrons. The van der Waals surface area contributed by atoms with Gasteiger partial charge in [-0.1, -0.05) is 0 Å². The third kappa shape index (κ3) is 0.684. The molecule has 6 heavy (non-hydrogen) atoms. The Labute approximate surface area is 41.6 Å². The van der Waals surface area contributed by atoms with Gasteiger partial charge in [-0.2, -0.15) is 0 Å². The van der Waals surface area contributed by atoms with Crippen molar-refractivity contribution in [3.8, 4) is 0 Å². The first kappa shape index (κ1) is 4.06. The van der Waals surface area contributed by atoms with Crippen LogP contribution >= 0.6 is 11.8 Å². The number of nitrogens with two attached hydrogens (primary N) is 1. The first-order chi connectivity index (χ1) is 2.89. The minimum Gasteiger partial charge on any atom is -0.402 e. The molecule has 0 unspecified atom stereocenters. The monoisotopic (exact) mass is 101 g/mol. The highest BCUT2D eigenvalue weighted by molar-refractivity contribution is 8.02. The molecule has 0 amide bonds. The van der Waals surface area contributed by atoms with Crippen molar-refractivity contribution in [2.24, 2.45) is 5.73 Å². The van der Waals surface area contributed by atoms with Crippen molar-refractivity contribution in [2.45, 2.75) is 6.42 Å². The molecule has 0 saturated heterocycles. The van der Waals surface area contributed by atoms with E-state index in [1.54, 1.807) is 11.8 Å². The van der Waals surface area contributed by atoms with Gasteiger partial charge in [-0.3, -0.25) is 0 Å². The molecule has 0 saturated carbocycles. The van der Waals surface area contributed by atoms with E-state index in [2.05, 4.69) is 0 Å². The summed E-state index contributed by atoms with van der Waals surface area (Å²) < 4.78 is 0. The zero-order chi connectivity index (χ0) is 4.41. The third-order valence-electron chi connectivity index (χ3n) is 0.743. The van der Waals surface area contributed by atoms with Crippen LogP contribution < -0.4 is 5.73 Å². The molecule has 1 rings (SSSR count). The van der Waals surface area contributed by atoms with Gasteiger partial charge in [0.1, 0.15) is 0 Å². The molecule has 0 radical (unpaired) electrons. The van der Waals surface area contributed by atoms with Crippen molar-refractivity contribution >= 4 is 11.8 Å². The van der Waals surface area contributed by atoms with Gasteiger partial charge in [-0.15, -0.1) is 11.8 Å². The van der Waals surface area contributed by atoms with E-state index in [1.165, 1.54) is 5.75 Å². The Morgan fingerprint density at radius 3 is 2.83 bits per heavy atom. The van der Waals surface area contributed by atoms with Crippen LogP contribution in [0.15, 0.2) is 11.1 Å². The molecule has 1 aliphatic heterocycles. The molecular formula is C4H7NS. The van der Waals surface area contributed by atoms with Crippen molar-refractivity contribution in [1.82, 2.24) is 0 Å². The number of allylic oxidation sites excluding steroid dienone is 1. The molecule has 0 spiro atoms. The Morgan fingerprint density at radius 2 is 2.67 bits per heavy atom. The predicted octanol–water partition coefficient (Wildman–Crippen LogP) is 0.923. The molecule has 0 aromatic heterocycles. The van der Waals surface area contributed by atoms with Crippen molar-refractivity contribution in [3.05, 3.63) is 11.1 Å². The summed E-state index contributed by atoms with van der Waals surface area (Å²) in [5.74, 6) is 1.19. The fourth-order valence-electron chi connectivity index (χ4n) is 0.402. The summed E-state index contributed by atoms with van der Waals surface area (Å²) in [5, 5.41) is 2.01. The Balaban J connectivity index is 2.45. The van der Waals surface area contributed by atoms with Crippen LogP contribution in [0.5, 0.6) is 0 Å². The standard InChI is InChI=1S/C4H7NS/c5-4-1-2-6-3-4/h3H,1-2,5H2. The maximum atomic E-state index is 5.38. The predicted molar refractivity (Wildman–Crippen MR) is 29.3 cm³/mol. The number of thioether (sulfide) groups is 1. The van der Waals surface area contributed by atoms with E-state index in [9.17, 15) is 0 Å². The molecule has 1 heterocycles. The maximum Gasteiger partial charge on any atom is 0.0153 e. The van der Waals surface area contributed by atoms with Crippen LogP contribution in [0.25, 0.3) is 0 Å². The lowest BCUT2D eigenvalue weighted by molar-refractivity contribution is 1.11. The van der Waals surface area contributed by atoms with Gasteiger partial charge in [-0.05, 0) is 11.8 Å². The zero-order valence-corrected chi connectivity index (χ0v) is 4.29. The van der Waals surface area contributed by atoms with E-state index >= 15 is 0 Å². The molecule has 2 heteroatoms. The molecule has 2 N–H and O–H groups in total. The smallest absolute Gasteiger partial charge is 0.0153 e. The van der Waals surface area contributed by atoms with Gasteiger partial charge in [0.05, 0.1) is 0 Å². The van der Waals surface area contributed by atoms with E-state index in [1.807, 2.05) is 5.41 Å². The summed E-state index contributed by atoms with van der Waals surface area (Å²) in [5.41, 5.74) is 6.42. The van der Waals surface area contributed by atoms with E-state index in [0.717, 1.165) is 12.1 Å². The van der Waals surface area contributed by atoms with Gasteiger partial charge in [0.15, 0.2) is 0 Å². The Morgan fingerprint density at radius 1 is 1.83 bits per heavy atom. The maximum absolute atomic E-state index is 5.38. The fourth-order valence-corrected chi connectivity index (χ4v) is 1.20. The molecular weight excluding hydrogens is 94.1 g/mol. The summed E-state index contributed by atoms with van der Waals surface area (Å²) in [6.07, 6.45) is 1.09. The third-order valence-corrected chi connectivity index (χ3v) is 1.65. The van der Waals surface area contributed by atoms with Gasteiger partial charge in [-0.25, -0.2) is 0 Å². The zero-order valence-electron chi connectivity index (χ0n) is 3.48. The number of hydrogen-bond acceptors (Lipinski definition) is 2. The molecule has 0 fully saturated rings. The van der Waals surface area contributed by atoms with E-state index < -0.39 is 0 Å². The summed E-state index contributed by atoms with van der Waals surface area (Å²) in [6, 6.07) is 0. The second kappa shape index (κ2) is 1.56. The van der Waals surface area contributed by atoms with Crippen LogP contribution in [0.1, 0.15) is 6.42 Å². The van der Waals surface area contributed by atoms with E-state index in [-0.39, 0.29) is 0 Å². The van der Waals surface area contributed by atoms with Crippen LogP contribution in [0, 0.1) is 0 Å². The second-order valence-electron chi connectivity index (χ2n) is 1.31. The Hall–Kier alpha value is -0.110. The van der Waals surface area contributed by atoms with Crippen LogP contribution in [0.3, 0.4) is 0 Å². The topological polar surface area (TPSA) is 26.0 Å². The minimum absolute atomic E-state index is 1.04. The normalized spacial score (nSPS) is 21.0. The van der Waals surface area contributed by atoms with Crippen molar-refractivity contribution in [3.63, 3.8) is 0 Å². The Kier molecular flexibility index (Phi) is 1.05. The average molecular weight is 101 g/mol. The van der Waals surface area contributed by atoms with Gasteiger partial charge in [0, 0.05) is 11.4 Å². The SMILES string of the molecule is NC1=CSCC1. The highest BCUT2D eigenvalue weighted by Crippen LogP contribution is 2.16. The quantitative estimate of drug-likeness (QED) is 0.491. The largest absolute Gasteiger partial charge is 0.402 e.